The molecule has 0 bridgehead atoms. The van der Waals surface area contributed by atoms with E-state index in [4.69, 9.17) is 5.73 Å². The third-order valence-electron chi connectivity index (χ3n) is 2.13. The summed E-state index contributed by atoms with van der Waals surface area (Å²) in [7, 11) is 1.09. The number of ether oxygens (including phenoxy) is 1. The molecule has 0 aromatic carbocycles. The first-order valence-electron chi connectivity index (χ1n) is 4.70. The fraction of sp³-hybridized carbons (Fsp3) is 0.300. The number of hydrogen-bond acceptors (Lipinski definition) is 7. The molecule has 0 aliphatic heterocycles. The lowest BCUT2D eigenvalue weighted by Gasteiger charge is -2.12. The Kier molecular flexibility index (Phi) is 4.41. The molecule has 1 aromatic heterocycles. The van der Waals surface area contributed by atoms with E-state index in [0.29, 0.717) is 0 Å². The van der Waals surface area contributed by atoms with Gasteiger partial charge in [0.15, 0.2) is 11.7 Å². The zero-order valence-corrected chi connectivity index (χ0v) is 9.07. The maximum absolute atomic E-state index is 11.8. The van der Waals surface area contributed by atoms with Crippen LogP contribution in [-0.4, -0.2) is 35.1 Å². The molecule has 1 rings (SSSR count). The van der Waals surface area contributed by atoms with Crippen LogP contribution in [0.3, 0.4) is 0 Å². The van der Waals surface area contributed by atoms with E-state index >= 15 is 0 Å². The molecule has 2 atom stereocenters. The molecule has 0 saturated heterocycles. The lowest BCUT2D eigenvalue weighted by Crippen LogP contribution is -2.35. The minimum atomic E-state index is -1.52. The number of aromatic nitrogens is 2. The maximum atomic E-state index is 11.8. The molecule has 1 heterocycles. The first-order chi connectivity index (χ1) is 8.11. The van der Waals surface area contributed by atoms with E-state index in [2.05, 4.69) is 14.7 Å². The van der Waals surface area contributed by atoms with E-state index < -0.39 is 23.7 Å². The number of Topliss-reactive ketones (excluding diaryl/α,β-unsaturated/α-hetero) is 1. The van der Waals surface area contributed by atoms with Gasteiger partial charge in [-0.15, -0.1) is 0 Å². The number of nitrogens with two attached hydrogens (primary N) is 1. The monoisotopic (exact) mass is 237 g/mol. The molecule has 90 valence electrons. The van der Waals surface area contributed by atoms with Crippen LogP contribution >= 0.6 is 0 Å². The third kappa shape index (κ3) is 2.91. The van der Waals surface area contributed by atoms with Gasteiger partial charge in [-0.25, -0.2) is 9.97 Å². The van der Waals surface area contributed by atoms with Crippen molar-refractivity contribution in [2.45, 2.75) is 6.04 Å². The number of esters is 1. The van der Waals surface area contributed by atoms with Crippen LogP contribution < -0.4 is 5.73 Å². The zero-order valence-electron chi connectivity index (χ0n) is 9.07. The number of ketones is 1. The number of carbonyl (C=O) groups excluding carboxylic acids is 3. The van der Waals surface area contributed by atoms with Gasteiger partial charge in [0.1, 0.15) is 18.7 Å². The second kappa shape index (κ2) is 5.80. The van der Waals surface area contributed by atoms with Gasteiger partial charge >= 0.3 is 5.97 Å². The smallest absolute Gasteiger partial charge is 0.323 e. The van der Waals surface area contributed by atoms with E-state index in [9.17, 15) is 14.4 Å². The van der Waals surface area contributed by atoms with Crippen LogP contribution in [0, 0.1) is 5.92 Å². The topological polar surface area (TPSA) is 112 Å². The van der Waals surface area contributed by atoms with Crippen molar-refractivity contribution in [1.29, 1.82) is 0 Å². The maximum Gasteiger partial charge on any atom is 0.323 e. The number of rotatable bonds is 5. The van der Waals surface area contributed by atoms with Crippen LogP contribution in [0.2, 0.25) is 0 Å². The molecular weight excluding hydrogens is 226 g/mol. The van der Waals surface area contributed by atoms with Gasteiger partial charge in [-0.2, -0.15) is 0 Å². The Morgan fingerprint density at radius 1 is 1.53 bits per heavy atom. The summed E-state index contributed by atoms with van der Waals surface area (Å²) in [5.41, 5.74) is 5.84. The van der Waals surface area contributed by atoms with Crippen molar-refractivity contribution < 1.29 is 19.1 Å². The van der Waals surface area contributed by atoms with Crippen LogP contribution in [0.1, 0.15) is 11.7 Å². The Labute approximate surface area is 97.0 Å². The first-order valence-corrected chi connectivity index (χ1v) is 4.70. The highest BCUT2D eigenvalue weighted by Crippen LogP contribution is 2.12. The van der Waals surface area contributed by atoms with Crippen LogP contribution in [0.25, 0.3) is 0 Å². The summed E-state index contributed by atoms with van der Waals surface area (Å²) in [6, 6.07) is 0.272. The van der Waals surface area contributed by atoms with Crippen molar-refractivity contribution in [2.24, 2.45) is 11.7 Å². The minimum Gasteiger partial charge on any atom is -0.468 e. The number of nitrogens with zero attached hydrogens (tertiary/aromatic N) is 2. The van der Waals surface area contributed by atoms with Gasteiger partial charge < -0.3 is 15.3 Å². The fourth-order valence-corrected chi connectivity index (χ4v) is 1.19. The molecule has 7 nitrogen and oxygen atoms in total. The van der Waals surface area contributed by atoms with Crippen molar-refractivity contribution in [1.82, 2.24) is 9.97 Å². The number of methoxy groups -OCH3 is 1. The first kappa shape index (κ1) is 12.9. The van der Waals surface area contributed by atoms with E-state index in [1.54, 1.807) is 0 Å². The van der Waals surface area contributed by atoms with Crippen molar-refractivity contribution in [3.63, 3.8) is 0 Å². The fourth-order valence-electron chi connectivity index (χ4n) is 1.19. The molecule has 0 aliphatic carbocycles. The lowest BCUT2D eigenvalue weighted by atomic mass is 9.98. The second-order valence-corrected chi connectivity index (χ2v) is 3.15. The van der Waals surface area contributed by atoms with Gasteiger partial charge in [-0.05, 0) is 6.07 Å². The average Bonchev–Trinajstić information content (AvgIpc) is 2.39. The molecule has 0 amide bonds. The molecule has 0 spiro atoms. The number of carbonyl (C=O) groups is 3. The Balaban J connectivity index is 2.89. The highest BCUT2D eigenvalue weighted by molar-refractivity contribution is 6.12. The standard InChI is InChI=1S/C10H11N3O4/c1-17-10(16)6(4-14)9(15)8(11)7-2-3-12-5-13-7/h2-6,8H,11H2,1H3. The molecule has 17 heavy (non-hydrogen) atoms. The second-order valence-electron chi connectivity index (χ2n) is 3.15. The molecule has 2 unspecified atom stereocenters. The van der Waals surface area contributed by atoms with Crippen LogP contribution in [-0.2, 0) is 19.1 Å². The molecule has 1 aromatic rings. The quantitative estimate of drug-likeness (QED) is 0.398. The van der Waals surface area contributed by atoms with Gasteiger partial charge in [-0.1, -0.05) is 0 Å². The highest BCUT2D eigenvalue weighted by atomic mass is 16.5. The van der Waals surface area contributed by atoms with Gasteiger partial charge in [-0.3, -0.25) is 9.59 Å². The molecule has 7 heteroatoms. The van der Waals surface area contributed by atoms with Crippen molar-refractivity contribution >= 4 is 18.0 Å². The summed E-state index contributed by atoms with van der Waals surface area (Å²) in [4.78, 5) is 41.0. The van der Waals surface area contributed by atoms with E-state index in [0.717, 1.165) is 7.11 Å². The summed E-state index contributed by atoms with van der Waals surface area (Å²) in [5, 5.41) is 0. The van der Waals surface area contributed by atoms with E-state index in [1.807, 2.05) is 0 Å². The Morgan fingerprint density at radius 2 is 2.24 bits per heavy atom. The molecule has 0 aliphatic rings. The van der Waals surface area contributed by atoms with E-state index in [1.165, 1.54) is 18.6 Å². The third-order valence-corrected chi connectivity index (χ3v) is 2.13. The Hall–Kier alpha value is -2.15. The normalized spacial score (nSPS) is 13.5. The number of aldehydes is 1. The Bertz CT molecular complexity index is 421. The van der Waals surface area contributed by atoms with Gasteiger partial charge in [0.05, 0.1) is 12.8 Å². The molecule has 2 N–H and O–H groups in total. The van der Waals surface area contributed by atoms with Crippen LogP contribution in [0.15, 0.2) is 18.6 Å². The summed E-state index contributed by atoms with van der Waals surface area (Å²) < 4.78 is 4.33. The lowest BCUT2D eigenvalue weighted by molar-refractivity contribution is -0.151. The predicted molar refractivity (Wildman–Crippen MR) is 55.5 cm³/mol. The van der Waals surface area contributed by atoms with E-state index in [-0.39, 0.29) is 12.0 Å². The van der Waals surface area contributed by atoms with Crippen molar-refractivity contribution in [3.8, 4) is 0 Å². The van der Waals surface area contributed by atoms with Crippen molar-refractivity contribution in [3.05, 3.63) is 24.3 Å². The highest BCUT2D eigenvalue weighted by Gasteiger charge is 2.32. The van der Waals surface area contributed by atoms with Crippen LogP contribution in [0.5, 0.6) is 0 Å². The van der Waals surface area contributed by atoms with Crippen molar-refractivity contribution in [2.75, 3.05) is 7.11 Å². The predicted octanol–water partition coefficient (Wildman–Crippen LogP) is -0.966. The zero-order chi connectivity index (χ0) is 12.8. The van der Waals surface area contributed by atoms with Gasteiger partial charge in [0, 0.05) is 6.20 Å². The SMILES string of the molecule is COC(=O)C(C=O)C(=O)C(N)c1ccncn1. The molecule has 0 saturated carbocycles. The molecule has 0 radical (unpaired) electrons. The van der Waals surface area contributed by atoms with Gasteiger partial charge in [0.25, 0.3) is 0 Å². The largest absolute Gasteiger partial charge is 0.468 e. The summed E-state index contributed by atoms with van der Waals surface area (Å²) in [6.07, 6.45) is 2.83. The number of hydrogen-bond donors (Lipinski definition) is 1. The average molecular weight is 237 g/mol. The van der Waals surface area contributed by atoms with Crippen LogP contribution in [0.4, 0.5) is 0 Å². The minimum absolute atomic E-state index is 0.204. The molecule has 0 fully saturated rings. The molecular formula is C10H11N3O4. The Morgan fingerprint density at radius 3 is 2.71 bits per heavy atom. The summed E-state index contributed by atoms with van der Waals surface area (Å²) >= 11 is 0. The summed E-state index contributed by atoms with van der Waals surface area (Å²) in [6.45, 7) is 0. The summed E-state index contributed by atoms with van der Waals surface area (Å²) in [5.74, 6) is -3.22. The van der Waals surface area contributed by atoms with Gasteiger partial charge in [0.2, 0.25) is 0 Å².